The van der Waals surface area contributed by atoms with Gasteiger partial charge in [-0.1, -0.05) is 0 Å². The molecule has 0 saturated carbocycles. The Hall–Kier alpha value is -2.23. The molecule has 0 aromatic carbocycles. The van der Waals surface area contributed by atoms with Crippen LogP contribution in [0.4, 0.5) is 13.2 Å². The lowest BCUT2D eigenvalue weighted by atomic mass is 10.1. The van der Waals surface area contributed by atoms with Gasteiger partial charge in [-0.2, -0.15) is 18.2 Å². The van der Waals surface area contributed by atoms with Gasteiger partial charge in [0.1, 0.15) is 0 Å². The molecule has 0 N–H and O–H groups in total. The van der Waals surface area contributed by atoms with Gasteiger partial charge >= 0.3 is 6.18 Å². The van der Waals surface area contributed by atoms with Crippen molar-refractivity contribution in [2.24, 2.45) is 0 Å². The van der Waals surface area contributed by atoms with Gasteiger partial charge in [0, 0.05) is 30.9 Å². The highest BCUT2D eigenvalue weighted by Crippen LogP contribution is 2.27. The number of aromatic nitrogens is 4. The summed E-state index contributed by atoms with van der Waals surface area (Å²) in [5.74, 6) is -1.32. The molecule has 0 bridgehead atoms. The Morgan fingerprint density at radius 2 is 1.81 bits per heavy atom. The average Bonchev–Trinajstić information content (AvgIpc) is 2.98. The summed E-state index contributed by atoms with van der Waals surface area (Å²) < 4.78 is 45.3. The van der Waals surface area contributed by atoms with E-state index in [1.807, 2.05) is 13.8 Å². The molecule has 0 spiro atoms. The molecule has 1 aliphatic rings. The van der Waals surface area contributed by atoms with Gasteiger partial charge in [0.05, 0.1) is 12.2 Å². The van der Waals surface area contributed by atoms with Crippen LogP contribution in [0.15, 0.2) is 0 Å². The SMILES string of the molecule is Cc1nc2nc(C(F)(F)F)nn2c(C)c1CCC(=O)N1CC(C)OC(C)C1. The Kier molecular flexibility index (Phi) is 5.11. The smallest absolute Gasteiger partial charge is 0.372 e. The third-order valence-electron chi connectivity index (χ3n) is 4.66. The Labute approximate surface area is 154 Å². The number of carbonyl (C=O) groups excluding carboxylic acids is 1. The van der Waals surface area contributed by atoms with Crippen molar-refractivity contribution >= 4 is 11.7 Å². The van der Waals surface area contributed by atoms with E-state index in [2.05, 4.69) is 15.1 Å². The number of hydrogen-bond acceptors (Lipinski definition) is 5. The lowest BCUT2D eigenvalue weighted by molar-refractivity contribution is -0.144. The van der Waals surface area contributed by atoms with E-state index in [0.717, 1.165) is 4.52 Å². The van der Waals surface area contributed by atoms with E-state index in [-0.39, 0.29) is 30.3 Å². The van der Waals surface area contributed by atoms with Gasteiger partial charge in [-0.15, -0.1) is 5.10 Å². The van der Waals surface area contributed by atoms with Crippen LogP contribution in [0.5, 0.6) is 0 Å². The molecule has 0 aliphatic carbocycles. The molecule has 2 unspecified atom stereocenters. The van der Waals surface area contributed by atoms with E-state index < -0.39 is 12.0 Å². The minimum absolute atomic E-state index is 0.00883. The topological polar surface area (TPSA) is 72.6 Å². The fraction of sp³-hybridized carbons (Fsp3) is 0.647. The lowest BCUT2D eigenvalue weighted by Crippen LogP contribution is -2.48. The van der Waals surface area contributed by atoms with Gasteiger partial charge < -0.3 is 9.64 Å². The molecule has 2 atom stereocenters. The highest BCUT2D eigenvalue weighted by atomic mass is 19.4. The second kappa shape index (κ2) is 7.06. The van der Waals surface area contributed by atoms with Gasteiger partial charge in [-0.3, -0.25) is 4.79 Å². The van der Waals surface area contributed by atoms with Gasteiger partial charge in [0.2, 0.25) is 5.91 Å². The molecular formula is C17H22F3N5O2. The number of carbonyl (C=O) groups is 1. The maximum Gasteiger partial charge on any atom is 0.453 e. The quantitative estimate of drug-likeness (QED) is 0.811. The van der Waals surface area contributed by atoms with E-state index in [9.17, 15) is 18.0 Å². The zero-order chi connectivity index (χ0) is 19.9. The largest absolute Gasteiger partial charge is 0.453 e. The summed E-state index contributed by atoms with van der Waals surface area (Å²) in [5.41, 5.74) is 1.78. The first-order valence-corrected chi connectivity index (χ1v) is 8.79. The van der Waals surface area contributed by atoms with Crippen LogP contribution in [0.3, 0.4) is 0 Å². The number of nitrogens with zero attached hydrogens (tertiary/aromatic N) is 5. The maximum atomic E-state index is 12.9. The van der Waals surface area contributed by atoms with Gasteiger partial charge in [0.25, 0.3) is 11.6 Å². The van der Waals surface area contributed by atoms with Crippen molar-refractivity contribution in [2.75, 3.05) is 13.1 Å². The van der Waals surface area contributed by atoms with E-state index in [4.69, 9.17) is 4.74 Å². The molecule has 148 valence electrons. The van der Waals surface area contributed by atoms with Crippen LogP contribution in [0.2, 0.25) is 0 Å². The van der Waals surface area contributed by atoms with E-state index >= 15 is 0 Å². The molecule has 27 heavy (non-hydrogen) atoms. The van der Waals surface area contributed by atoms with Gasteiger partial charge in [-0.05, 0) is 39.7 Å². The lowest BCUT2D eigenvalue weighted by Gasteiger charge is -2.35. The summed E-state index contributed by atoms with van der Waals surface area (Å²) >= 11 is 0. The van der Waals surface area contributed by atoms with Crippen molar-refractivity contribution in [2.45, 2.75) is 58.9 Å². The Morgan fingerprint density at radius 3 is 2.41 bits per heavy atom. The van der Waals surface area contributed by atoms with Crippen LogP contribution in [0.25, 0.3) is 5.78 Å². The molecule has 3 heterocycles. The van der Waals surface area contributed by atoms with E-state index in [1.54, 1.807) is 18.7 Å². The van der Waals surface area contributed by atoms with Crippen LogP contribution < -0.4 is 0 Å². The summed E-state index contributed by atoms with van der Waals surface area (Å²) in [5, 5.41) is 3.53. The predicted octanol–water partition coefficient (Wildman–Crippen LogP) is 2.33. The maximum absolute atomic E-state index is 12.9. The number of halogens is 3. The van der Waals surface area contributed by atoms with Crippen LogP contribution in [0, 0.1) is 13.8 Å². The molecule has 1 saturated heterocycles. The molecule has 10 heteroatoms. The summed E-state index contributed by atoms with van der Waals surface area (Å²) in [7, 11) is 0. The first kappa shape index (κ1) is 19.5. The van der Waals surface area contributed by atoms with Crippen LogP contribution in [-0.2, 0) is 22.1 Å². The van der Waals surface area contributed by atoms with Crippen molar-refractivity contribution in [3.8, 4) is 0 Å². The van der Waals surface area contributed by atoms with E-state index in [0.29, 0.717) is 36.5 Å². The summed E-state index contributed by atoms with van der Waals surface area (Å²) in [6.45, 7) is 8.28. The number of hydrogen-bond donors (Lipinski definition) is 0. The van der Waals surface area contributed by atoms with Crippen LogP contribution in [-0.4, -0.2) is 55.7 Å². The molecule has 3 rings (SSSR count). The van der Waals surface area contributed by atoms with Crippen molar-refractivity contribution < 1.29 is 22.7 Å². The van der Waals surface area contributed by atoms with Crippen molar-refractivity contribution in [3.63, 3.8) is 0 Å². The summed E-state index contributed by atoms with van der Waals surface area (Å²) in [4.78, 5) is 21.9. The van der Waals surface area contributed by atoms with Crippen molar-refractivity contribution in [1.29, 1.82) is 0 Å². The molecule has 1 amide bonds. The Morgan fingerprint density at radius 1 is 1.19 bits per heavy atom. The Balaban J connectivity index is 1.79. The number of alkyl halides is 3. The van der Waals surface area contributed by atoms with E-state index in [1.165, 1.54) is 0 Å². The first-order valence-electron chi connectivity index (χ1n) is 8.79. The fourth-order valence-corrected chi connectivity index (χ4v) is 3.46. The minimum Gasteiger partial charge on any atom is -0.372 e. The third kappa shape index (κ3) is 4.05. The number of morpholine rings is 1. The average molecular weight is 385 g/mol. The zero-order valence-corrected chi connectivity index (χ0v) is 15.7. The van der Waals surface area contributed by atoms with Crippen LogP contribution in [0.1, 0.15) is 43.0 Å². The standard InChI is InChI=1S/C17H22F3N5O2/c1-9-7-24(8-10(2)27-9)14(26)6-5-13-11(3)21-16-22-15(17(18,19)20)23-25(16)12(13)4/h9-10H,5-8H2,1-4H3. The highest BCUT2D eigenvalue weighted by molar-refractivity contribution is 5.76. The van der Waals surface area contributed by atoms with Gasteiger partial charge in [-0.25, -0.2) is 9.50 Å². The number of amides is 1. The normalized spacial score (nSPS) is 21.1. The molecule has 1 aliphatic heterocycles. The molecule has 2 aromatic heterocycles. The minimum atomic E-state index is -4.63. The first-order chi connectivity index (χ1) is 12.6. The third-order valence-corrected chi connectivity index (χ3v) is 4.66. The molecule has 0 radical (unpaired) electrons. The molecular weight excluding hydrogens is 363 g/mol. The number of fused-ring (bicyclic) bond motifs is 1. The number of rotatable bonds is 3. The molecule has 2 aromatic rings. The fourth-order valence-electron chi connectivity index (χ4n) is 3.46. The zero-order valence-electron chi connectivity index (χ0n) is 15.7. The highest BCUT2D eigenvalue weighted by Gasteiger charge is 2.37. The monoisotopic (exact) mass is 385 g/mol. The second-order valence-corrected chi connectivity index (χ2v) is 6.96. The molecule has 1 fully saturated rings. The Bertz CT molecular complexity index is 854. The molecule has 7 nitrogen and oxygen atoms in total. The second-order valence-electron chi connectivity index (χ2n) is 6.96. The van der Waals surface area contributed by atoms with Crippen molar-refractivity contribution in [1.82, 2.24) is 24.5 Å². The van der Waals surface area contributed by atoms with Crippen molar-refractivity contribution in [3.05, 3.63) is 22.8 Å². The predicted molar refractivity (Wildman–Crippen MR) is 90.2 cm³/mol. The summed E-state index contributed by atoms with van der Waals surface area (Å²) in [6.07, 6.45) is -4.05. The van der Waals surface area contributed by atoms with Gasteiger partial charge in [0.15, 0.2) is 0 Å². The summed E-state index contributed by atoms with van der Waals surface area (Å²) in [6, 6.07) is 0. The number of aryl methyl sites for hydroxylation is 2. The van der Waals surface area contributed by atoms with Crippen LogP contribution >= 0.6 is 0 Å². The number of ether oxygens (including phenoxy) is 1.